The first-order chi connectivity index (χ1) is 12.0. The van der Waals surface area contributed by atoms with Gasteiger partial charge < -0.3 is 19.5 Å². The lowest BCUT2D eigenvalue weighted by Gasteiger charge is -2.32. The summed E-state index contributed by atoms with van der Waals surface area (Å²) in [4.78, 5) is 35.8. The Bertz CT molecular complexity index is 822. The molecule has 1 aliphatic heterocycles. The predicted octanol–water partition coefficient (Wildman–Crippen LogP) is 0.563. The average molecular weight is 346 g/mol. The van der Waals surface area contributed by atoms with Crippen LogP contribution in [-0.4, -0.2) is 57.2 Å². The van der Waals surface area contributed by atoms with Gasteiger partial charge in [0.1, 0.15) is 6.10 Å². The number of piperidine rings is 1. The molecule has 0 radical (unpaired) electrons. The van der Waals surface area contributed by atoms with E-state index in [2.05, 4.69) is 15.0 Å². The van der Waals surface area contributed by atoms with Crippen molar-refractivity contribution in [1.29, 1.82) is 0 Å². The van der Waals surface area contributed by atoms with Gasteiger partial charge in [-0.15, -0.1) is 0 Å². The van der Waals surface area contributed by atoms with Gasteiger partial charge in [0.05, 0.1) is 19.2 Å². The van der Waals surface area contributed by atoms with E-state index in [0.29, 0.717) is 19.0 Å². The van der Waals surface area contributed by atoms with Gasteiger partial charge in [-0.05, 0) is 12.8 Å². The van der Waals surface area contributed by atoms with Crippen LogP contribution in [0.1, 0.15) is 23.2 Å². The van der Waals surface area contributed by atoms with Gasteiger partial charge in [0.15, 0.2) is 5.88 Å². The number of nitrogens with one attached hydrogen (secondary N) is 1. The van der Waals surface area contributed by atoms with Gasteiger partial charge in [-0.1, -0.05) is 0 Å². The molecule has 3 heterocycles. The predicted molar refractivity (Wildman–Crippen MR) is 86.9 cm³/mol. The van der Waals surface area contributed by atoms with Crippen molar-refractivity contribution in [3.8, 4) is 17.8 Å². The second kappa shape index (κ2) is 7.20. The smallest absolute Gasteiger partial charge is 0.319 e. The van der Waals surface area contributed by atoms with Gasteiger partial charge in [0.25, 0.3) is 11.5 Å². The summed E-state index contributed by atoms with van der Waals surface area (Å²) in [6.07, 6.45) is 2.84. The average Bonchev–Trinajstić information content (AvgIpc) is 2.60. The lowest BCUT2D eigenvalue weighted by atomic mass is 10.1. The van der Waals surface area contributed by atoms with Gasteiger partial charge in [0, 0.05) is 30.9 Å². The van der Waals surface area contributed by atoms with E-state index in [1.54, 1.807) is 11.0 Å². The summed E-state index contributed by atoms with van der Waals surface area (Å²) in [7, 11) is 1.47. The third-order valence-electron chi connectivity index (χ3n) is 3.82. The number of carbonyl (C=O) groups is 1. The number of ether oxygens (including phenoxy) is 2. The van der Waals surface area contributed by atoms with Crippen molar-refractivity contribution in [1.82, 2.24) is 19.9 Å². The number of aromatic nitrogens is 3. The van der Waals surface area contributed by atoms with Crippen LogP contribution >= 0.6 is 0 Å². The molecule has 0 saturated carbocycles. The SMILES string of the molecule is COc1nccc(OC2CCCN(C(=O)c3cc(O)[nH]c(=O)c3)C2)n1. The zero-order valence-electron chi connectivity index (χ0n) is 13.6. The fraction of sp³-hybridized carbons (Fsp3) is 0.375. The Kier molecular flexibility index (Phi) is 4.82. The largest absolute Gasteiger partial charge is 0.494 e. The zero-order chi connectivity index (χ0) is 17.8. The topological polar surface area (TPSA) is 118 Å². The van der Waals surface area contributed by atoms with Crippen LogP contribution < -0.4 is 15.0 Å². The Balaban J connectivity index is 1.70. The molecule has 1 atom stereocenters. The number of aromatic hydroxyl groups is 1. The molecule has 1 saturated heterocycles. The minimum atomic E-state index is -0.527. The summed E-state index contributed by atoms with van der Waals surface area (Å²) >= 11 is 0. The molecule has 3 rings (SSSR count). The highest BCUT2D eigenvalue weighted by atomic mass is 16.5. The summed E-state index contributed by atoms with van der Waals surface area (Å²) in [5, 5.41) is 9.46. The number of hydrogen-bond donors (Lipinski definition) is 2. The Hall–Kier alpha value is -3.10. The molecule has 1 aliphatic rings. The van der Waals surface area contributed by atoms with E-state index in [9.17, 15) is 14.7 Å². The van der Waals surface area contributed by atoms with E-state index >= 15 is 0 Å². The molecule has 0 bridgehead atoms. The van der Waals surface area contributed by atoms with Crippen molar-refractivity contribution >= 4 is 5.91 Å². The van der Waals surface area contributed by atoms with Crippen LogP contribution in [0.15, 0.2) is 29.2 Å². The van der Waals surface area contributed by atoms with Gasteiger partial charge in [-0.2, -0.15) is 4.98 Å². The fourth-order valence-corrected chi connectivity index (χ4v) is 2.71. The molecular weight excluding hydrogens is 328 g/mol. The van der Waals surface area contributed by atoms with Gasteiger partial charge >= 0.3 is 6.01 Å². The number of H-pyrrole nitrogens is 1. The zero-order valence-corrected chi connectivity index (χ0v) is 13.6. The fourth-order valence-electron chi connectivity index (χ4n) is 2.71. The third kappa shape index (κ3) is 4.06. The van der Waals surface area contributed by atoms with Gasteiger partial charge in [-0.3, -0.25) is 14.6 Å². The number of nitrogens with zero attached hydrogens (tertiary/aromatic N) is 3. The maximum atomic E-state index is 12.6. The molecule has 132 valence electrons. The van der Waals surface area contributed by atoms with Crippen molar-refractivity contribution in [2.75, 3.05) is 20.2 Å². The maximum Gasteiger partial charge on any atom is 0.319 e. The second-order valence-electron chi connectivity index (χ2n) is 5.63. The van der Waals surface area contributed by atoms with E-state index in [0.717, 1.165) is 12.8 Å². The second-order valence-corrected chi connectivity index (χ2v) is 5.63. The van der Waals surface area contributed by atoms with Crippen molar-refractivity contribution in [3.63, 3.8) is 0 Å². The minimum absolute atomic E-state index is 0.144. The highest BCUT2D eigenvalue weighted by molar-refractivity contribution is 5.94. The van der Waals surface area contributed by atoms with Crippen molar-refractivity contribution in [2.24, 2.45) is 0 Å². The molecular formula is C16H18N4O5. The van der Waals surface area contributed by atoms with E-state index in [4.69, 9.17) is 9.47 Å². The van der Waals surface area contributed by atoms with E-state index in [-0.39, 0.29) is 29.5 Å². The van der Waals surface area contributed by atoms with Crippen LogP contribution in [0.5, 0.6) is 17.8 Å². The summed E-state index contributed by atoms with van der Waals surface area (Å²) < 4.78 is 10.8. The van der Waals surface area contributed by atoms with Crippen molar-refractivity contribution in [2.45, 2.75) is 18.9 Å². The first-order valence-electron chi connectivity index (χ1n) is 7.81. The number of hydrogen-bond acceptors (Lipinski definition) is 7. The monoisotopic (exact) mass is 346 g/mol. The van der Waals surface area contributed by atoms with Crippen LogP contribution in [-0.2, 0) is 0 Å². The van der Waals surface area contributed by atoms with Gasteiger partial charge in [-0.25, -0.2) is 4.98 Å². The van der Waals surface area contributed by atoms with Crippen LogP contribution in [0.3, 0.4) is 0 Å². The molecule has 1 fully saturated rings. The summed E-state index contributed by atoms with van der Waals surface area (Å²) in [5.41, 5.74) is -0.383. The van der Waals surface area contributed by atoms with E-state index < -0.39 is 5.56 Å². The Morgan fingerprint density at radius 2 is 2.28 bits per heavy atom. The number of likely N-dealkylation sites (tertiary alicyclic amines) is 1. The lowest BCUT2D eigenvalue weighted by molar-refractivity contribution is 0.0525. The van der Waals surface area contributed by atoms with E-state index in [1.807, 2.05) is 0 Å². The number of carbonyl (C=O) groups excluding carboxylic acids is 1. The van der Waals surface area contributed by atoms with Crippen molar-refractivity contribution < 1.29 is 19.4 Å². The van der Waals surface area contributed by atoms with Crippen molar-refractivity contribution in [3.05, 3.63) is 40.3 Å². The molecule has 2 N–H and O–H groups in total. The molecule has 1 amide bonds. The molecule has 9 heteroatoms. The molecule has 9 nitrogen and oxygen atoms in total. The van der Waals surface area contributed by atoms with Crippen LogP contribution in [0.25, 0.3) is 0 Å². The van der Waals surface area contributed by atoms with Crippen LogP contribution in [0.2, 0.25) is 0 Å². The summed E-state index contributed by atoms with van der Waals surface area (Å²) in [5.74, 6) is -0.288. The standard InChI is InChI=1S/C16H18N4O5/c1-24-16-17-5-4-14(19-16)25-11-3-2-6-20(9-11)15(23)10-7-12(21)18-13(22)8-10/h4-5,7-8,11H,2-3,6,9H2,1H3,(H2,18,21,22). The van der Waals surface area contributed by atoms with E-state index in [1.165, 1.54) is 25.4 Å². The summed E-state index contributed by atoms with van der Waals surface area (Å²) in [6, 6.07) is 4.24. The number of aromatic amines is 1. The molecule has 0 aromatic carbocycles. The highest BCUT2D eigenvalue weighted by Crippen LogP contribution is 2.19. The normalized spacial score (nSPS) is 17.2. The first-order valence-corrected chi connectivity index (χ1v) is 7.81. The lowest BCUT2D eigenvalue weighted by Crippen LogP contribution is -2.44. The number of amides is 1. The summed E-state index contributed by atoms with van der Waals surface area (Å²) in [6.45, 7) is 0.915. The number of rotatable bonds is 4. The highest BCUT2D eigenvalue weighted by Gasteiger charge is 2.26. The van der Waals surface area contributed by atoms with Gasteiger partial charge in [0.2, 0.25) is 5.88 Å². The van der Waals surface area contributed by atoms with Crippen LogP contribution in [0.4, 0.5) is 0 Å². The minimum Gasteiger partial charge on any atom is -0.494 e. The molecule has 0 spiro atoms. The molecule has 2 aromatic heterocycles. The Morgan fingerprint density at radius 1 is 1.44 bits per heavy atom. The Labute approximate surface area is 143 Å². The first kappa shape index (κ1) is 16.7. The quantitative estimate of drug-likeness (QED) is 0.830. The molecule has 0 aliphatic carbocycles. The molecule has 2 aromatic rings. The molecule has 25 heavy (non-hydrogen) atoms. The number of pyridine rings is 1. The third-order valence-corrected chi connectivity index (χ3v) is 3.82. The Morgan fingerprint density at radius 3 is 3.04 bits per heavy atom. The van der Waals surface area contributed by atoms with Crippen LogP contribution in [0, 0.1) is 0 Å². The molecule has 1 unspecified atom stereocenters. The maximum absolute atomic E-state index is 12.6. The number of methoxy groups -OCH3 is 1.